The average Bonchev–Trinajstić information content (AvgIpc) is 2.90. The number of ether oxygens (including phenoxy) is 1. The van der Waals surface area contributed by atoms with Gasteiger partial charge in [0.25, 0.3) is 0 Å². The molecule has 4 rings (SSSR count). The van der Waals surface area contributed by atoms with Crippen LogP contribution in [0, 0.1) is 29.8 Å². The number of halogens is 3. The Morgan fingerprint density at radius 1 is 1.14 bits per heavy atom. The summed E-state index contributed by atoms with van der Waals surface area (Å²) in [6.07, 6.45) is 3.89. The molecule has 5 nitrogen and oxygen atoms in total. The van der Waals surface area contributed by atoms with Crippen molar-refractivity contribution >= 4 is 22.7 Å². The number of aryl methyl sites for hydroxylation is 1. The van der Waals surface area contributed by atoms with Gasteiger partial charge in [0.05, 0.1) is 18.7 Å². The van der Waals surface area contributed by atoms with E-state index in [2.05, 4.69) is 9.88 Å². The lowest BCUT2D eigenvalue weighted by molar-refractivity contribution is 0.0254. The van der Waals surface area contributed by atoms with Gasteiger partial charge in [0.15, 0.2) is 17.5 Å². The molecule has 1 aliphatic rings. The number of aliphatic hydroxyl groups is 2. The predicted octanol–water partition coefficient (Wildman–Crippen LogP) is 5.65. The third kappa shape index (κ3) is 6.39. The molecule has 0 aliphatic carbocycles. The van der Waals surface area contributed by atoms with Gasteiger partial charge in [-0.3, -0.25) is 4.98 Å². The van der Waals surface area contributed by atoms with Crippen LogP contribution in [0.2, 0.25) is 0 Å². The highest BCUT2D eigenvalue weighted by molar-refractivity contribution is 7.99. The highest BCUT2D eigenvalue weighted by atomic mass is 32.2. The molecule has 1 unspecified atom stereocenters. The standard InChI is InChI=1S/C28H33F3N2O3S/c1-18-16-32-24-4-3-19(36-2)13-21(24)26(18)25(35)5-6-28(17-34)7-9-33(10-8-28)11-12-37-20-14-22(29)27(31)23(30)15-20/h3-4,13-16,25,34-35H,5-12,17H2,1-2H3. The Kier molecular flexibility index (Phi) is 9.00. The molecule has 1 aromatic heterocycles. The number of pyridine rings is 1. The Balaban J connectivity index is 1.32. The van der Waals surface area contributed by atoms with Crippen LogP contribution in [0.4, 0.5) is 13.2 Å². The van der Waals surface area contributed by atoms with Crippen molar-refractivity contribution in [2.45, 2.75) is 43.6 Å². The summed E-state index contributed by atoms with van der Waals surface area (Å²) in [5.74, 6) is -2.47. The minimum absolute atomic E-state index is 0.0559. The number of hydrogen-bond donors (Lipinski definition) is 2. The molecule has 0 bridgehead atoms. The molecule has 3 aromatic rings. The first-order chi connectivity index (χ1) is 17.7. The fourth-order valence-electron chi connectivity index (χ4n) is 5.09. The van der Waals surface area contributed by atoms with Crippen molar-refractivity contribution in [1.29, 1.82) is 0 Å². The number of likely N-dealkylation sites (tertiary alicyclic amines) is 1. The molecule has 37 heavy (non-hydrogen) atoms. The number of hydrogen-bond acceptors (Lipinski definition) is 6. The predicted molar refractivity (Wildman–Crippen MR) is 139 cm³/mol. The number of aromatic nitrogens is 1. The summed E-state index contributed by atoms with van der Waals surface area (Å²) < 4.78 is 45.4. The fraction of sp³-hybridized carbons (Fsp3) is 0.464. The zero-order valence-electron chi connectivity index (χ0n) is 21.1. The average molecular weight is 535 g/mol. The number of rotatable bonds is 10. The maximum absolute atomic E-state index is 13.4. The number of methoxy groups -OCH3 is 1. The van der Waals surface area contributed by atoms with Gasteiger partial charge in [0.2, 0.25) is 0 Å². The molecule has 0 spiro atoms. The number of aliphatic hydroxyl groups excluding tert-OH is 2. The normalized spacial score (nSPS) is 16.7. The van der Waals surface area contributed by atoms with E-state index in [4.69, 9.17) is 4.74 Å². The summed E-state index contributed by atoms with van der Waals surface area (Å²) in [5.41, 5.74) is 2.30. The van der Waals surface area contributed by atoms with Gasteiger partial charge in [-0.25, -0.2) is 13.2 Å². The summed E-state index contributed by atoms with van der Waals surface area (Å²) in [5, 5.41) is 22.3. The molecule has 2 aromatic carbocycles. The van der Waals surface area contributed by atoms with Crippen LogP contribution < -0.4 is 4.74 Å². The lowest BCUT2D eigenvalue weighted by Gasteiger charge is -2.41. The van der Waals surface area contributed by atoms with Crippen molar-refractivity contribution in [3.63, 3.8) is 0 Å². The summed E-state index contributed by atoms with van der Waals surface area (Å²) in [7, 11) is 1.61. The molecule has 0 amide bonds. The van der Waals surface area contributed by atoms with E-state index in [9.17, 15) is 23.4 Å². The molecule has 1 atom stereocenters. The van der Waals surface area contributed by atoms with Crippen molar-refractivity contribution in [2.24, 2.45) is 5.41 Å². The Labute approximate surface area is 219 Å². The van der Waals surface area contributed by atoms with E-state index in [1.807, 2.05) is 25.1 Å². The Hall–Kier alpha value is -2.33. The van der Waals surface area contributed by atoms with E-state index in [1.165, 1.54) is 11.8 Å². The number of benzene rings is 2. The molecule has 1 saturated heterocycles. The van der Waals surface area contributed by atoms with Crippen LogP contribution in [0.1, 0.15) is 42.9 Å². The van der Waals surface area contributed by atoms with Gasteiger partial charge in [-0.2, -0.15) is 0 Å². The first-order valence-corrected chi connectivity index (χ1v) is 13.5. The highest BCUT2D eigenvalue weighted by Gasteiger charge is 2.34. The van der Waals surface area contributed by atoms with Gasteiger partial charge in [0, 0.05) is 35.4 Å². The first kappa shape index (κ1) is 27.7. The molecule has 2 N–H and O–H groups in total. The maximum atomic E-state index is 13.4. The zero-order chi connectivity index (χ0) is 26.6. The zero-order valence-corrected chi connectivity index (χ0v) is 22.0. The summed E-state index contributed by atoms with van der Waals surface area (Å²) in [4.78, 5) is 7.10. The minimum atomic E-state index is -1.45. The van der Waals surface area contributed by atoms with Gasteiger partial charge in [-0.15, -0.1) is 11.8 Å². The van der Waals surface area contributed by atoms with Crippen molar-refractivity contribution in [3.05, 3.63) is 65.1 Å². The van der Waals surface area contributed by atoms with E-state index in [0.29, 0.717) is 29.2 Å². The monoisotopic (exact) mass is 534 g/mol. The van der Waals surface area contributed by atoms with E-state index in [0.717, 1.165) is 66.6 Å². The van der Waals surface area contributed by atoms with Gasteiger partial charge >= 0.3 is 0 Å². The molecule has 9 heteroatoms. The SMILES string of the molecule is COc1ccc2ncc(C)c(C(O)CCC3(CO)CCN(CCSc4cc(F)c(F)c(F)c4)CC3)c2c1. The van der Waals surface area contributed by atoms with Crippen molar-refractivity contribution < 1.29 is 28.1 Å². The lowest BCUT2D eigenvalue weighted by Crippen LogP contribution is -2.43. The largest absolute Gasteiger partial charge is 0.497 e. The van der Waals surface area contributed by atoms with E-state index < -0.39 is 23.6 Å². The van der Waals surface area contributed by atoms with E-state index in [1.54, 1.807) is 13.3 Å². The second kappa shape index (κ2) is 12.0. The summed E-state index contributed by atoms with van der Waals surface area (Å²) in [6, 6.07) is 7.68. The Morgan fingerprint density at radius 2 is 1.84 bits per heavy atom. The molecule has 2 heterocycles. The minimum Gasteiger partial charge on any atom is -0.497 e. The highest BCUT2D eigenvalue weighted by Crippen LogP contribution is 2.39. The van der Waals surface area contributed by atoms with Crippen LogP contribution in [0.25, 0.3) is 10.9 Å². The Morgan fingerprint density at radius 3 is 2.49 bits per heavy atom. The first-order valence-electron chi connectivity index (χ1n) is 12.5. The van der Waals surface area contributed by atoms with Gasteiger partial charge < -0.3 is 19.8 Å². The maximum Gasteiger partial charge on any atom is 0.194 e. The molecule has 1 fully saturated rings. The van der Waals surface area contributed by atoms with Crippen LogP contribution in [0.5, 0.6) is 5.75 Å². The van der Waals surface area contributed by atoms with Gasteiger partial charge in [-0.05, 0) is 92.6 Å². The second-order valence-corrected chi connectivity index (χ2v) is 11.0. The number of piperidine rings is 1. The lowest BCUT2D eigenvalue weighted by atomic mass is 9.74. The van der Waals surface area contributed by atoms with Crippen LogP contribution in [-0.4, -0.2) is 59.2 Å². The van der Waals surface area contributed by atoms with Gasteiger partial charge in [-0.1, -0.05) is 0 Å². The molecular weight excluding hydrogens is 501 g/mol. The fourth-order valence-corrected chi connectivity index (χ4v) is 6.05. The van der Waals surface area contributed by atoms with Crippen molar-refractivity contribution in [3.8, 4) is 5.75 Å². The molecular formula is C28H33F3N2O3S. The van der Waals surface area contributed by atoms with Crippen LogP contribution >= 0.6 is 11.8 Å². The molecule has 0 radical (unpaired) electrons. The second-order valence-electron chi connectivity index (χ2n) is 9.84. The van der Waals surface area contributed by atoms with E-state index in [-0.39, 0.29) is 12.0 Å². The summed E-state index contributed by atoms with van der Waals surface area (Å²) in [6.45, 7) is 4.30. The van der Waals surface area contributed by atoms with Crippen molar-refractivity contribution in [2.75, 3.05) is 39.1 Å². The number of fused-ring (bicyclic) bond motifs is 1. The van der Waals surface area contributed by atoms with Gasteiger partial charge in [0.1, 0.15) is 5.75 Å². The molecule has 1 aliphatic heterocycles. The third-order valence-electron chi connectivity index (χ3n) is 7.48. The Bertz CT molecular complexity index is 1210. The smallest absolute Gasteiger partial charge is 0.194 e. The van der Waals surface area contributed by atoms with Crippen LogP contribution in [0.3, 0.4) is 0 Å². The van der Waals surface area contributed by atoms with Crippen LogP contribution in [0.15, 0.2) is 41.4 Å². The van der Waals surface area contributed by atoms with Crippen LogP contribution in [-0.2, 0) is 0 Å². The molecule has 0 saturated carbocycles. The summed E-state index contributed by atoms with van der Waals surface area (Å²) >= 11 is 1.29. The molecule has 200 valence electrons. The number of thioether (sulfide) groups is 1. The quantitative estimate of drug-likeness (QED) is 0.259. The van der Waals surface area contributed by atoms with E-state index >= 15 is 0 Å². The topological polar surface area (TPSA) is 65.8 Å². The third-order valence-corrected chi connectivity index (χ3v) is 8.44. The van der Waals surface area contributed by atoms with Crippen molar-refractivity contribution in [1.82, 2.24) is 9.88 Å². The number of nitrogens with zero attached hydrogens (tertiary/aromatic N) is 2.